The van der Waals surface area contributed by atoms with E-state index >= 15 is 0 Å². The minimum absolute atomic E-state index is 0.784. The van der Waals surface area contributed by atoms with Gasteiger partial charge in [0, 0.05) is 6.54 Å². The van der Waals surface area contributed by atoms with E-state index in [9.17, 15) is 0 Å². The van der Waals surface area contributed by atoms with E-state index in [1.54, 1.807) is 0 Å². The summed E-state index contributed by atoms with van der Waals surface area (Å²) in [5.41, 5.74) is 3.73. The fourth-order valence-corrected chi connectivity index (χ4v) is 4.04. The van der Waals surface area contributed by atoms with E-state index in [1.165, 1.54) is 34.5 Å². The molecule has 1 N–H and O–H groups in total. The Balaban J connectivity index is 2.06. The lowest BCUT2D eigenvalue weighted by molar-refractivity contribution is 0.497. The first kappa shape index (κ1) is 11.4. The molecule has 0 amide bonds. The number of aromatic nitrogens is 2. The van der Waals surface area contributed by atoms with Crippen molar-refractivity contribution in [3.63, 3.8) is 0 Å². The summed E-state index contributed by atoms with van der Waals surface area (Å²) in [5.74, 6) is 3.37. The molecule has 1 aromatic carbocycles. The smallest absolute Gasteiger partial charge is 0.178 e. The number of para-hydroxylation sites is 1. The van der Waals surface area contributed by atoms with Gasteiger partial charge in [0.05, 0.1) is 11.0 Å². The summed E-state index contributed by atoms with van der Waals surface area (Å²) in [7, 11) is 0. The lowest BCUT2D eigenvalue weighted by atomic mass is 10.1. The maximum Gasteiger partial charge on any atom is 0.178 e. The van der Waals surface area contributed by atoms with Crippen molar-refractivity contribution < 1.29 is 0 Å². The van der Waals surface area contributed by atoms with Gasteiger partial charge in [0.2, 0.25) is 0 Å². The number of fused-ring (bicyclic) bond motifs is 1. The fraction of sp³-hybridized carbons (Fsp3) is 0.462. The van der Waals surface area contributed by atoms with Gasteiger partial charge in [0.15, 0.2) is 4.77 Å². The second-order valence-electron chi connectivity index (χ2n) is 4.74. The molecule has 4 heteroatoms. The second kappa shape index (κ2) is 4.50. The van der Waals surface area contributed by atoms with Gasteiger partial charge in [-0.3, -0.25) is 0 Å². The molecule has 2 heterocycles. The summed E-state index contributed by atoms with van der Waals surface area (Å²) in [4.78, 5) is 3.34. The zero-order chi connectivity index (χ0) is 11.8. The van der Waals surface area contributed by atoms with E-state index in [0.29, 0.717) is 0 Å². The van der Waals surface area contributed by atoms with Gasteiger partial charge in [-0.25, -0.2) is 0 Å². The molecule has 2 aromatic rings. The van der Waals surface area contributed by atoms with Gasteiger partial charge in [-0.2, -0.15) is 11.8 Å². The largest absolute Gasteiger partial charge is 0.330 e. The van der Waals surface area contributed by atoms with Crippen LogP contribution in [0.3, 0.4) is 0 Å². The Kier molecular flexibility index (Phi) is 3.01. The molecule has 1 aromatic heterocycles. The number of H-pyrrole nitrogens is 1. The third-order valence-electron chi connectivity index (χ3n) is 3.48. The van der Waals surface area contributed by atoms with Crippen molar-refractivity contribution in [2.75, 3.05) is 11.5 Å². The molecule has 1 saturated heterocycles. The molecule has 1 fully saturated rings. The second-order valence-corrected chi connectivity index (χ2v) is 6.28. The Labute approximate surface area is 110 Å². The Morgan fingerprint density at radius 3 is 3.18 bits per heavy atom. The minimum Gasteiger partial charge on any atom is -0.330 e. The molecule has 3 rings (SSSR count). The number of imidazole rings is 1. The molecule has 0 aliphatic carbocycles. The van der Waals surface area contributed by atoms with Crippen LogP contribution in [0, 0.1) is 17.6 Å². The van der Waals surface area contributed by atoms with E-state index in [1.807, 2.05) is 0 Å². The van der Waals surface area contributed by atoms with Crippen molar-refractivity contribution in [2.45, 2.75) is 19.9 Å². The van der Waals surface area contributed by atoms with Crippen LogP contribution in [0.4, 0.5) is 0 Å². The van der Waals surface area contributed by atoms with Gasteiger partial charge in [-0.15, -0.1) is 0 Å². The summed E-state index contributed by atoms with van der Waals surface area (Å²) in [5, 5.41) is 0. The molecule has 90 valence electrons. The lowest BCUT2D eigenvalue weighted by Crippen LogP contribution is -2.09. The molecule has 1 unspecified atom stereocenters. The van der Waals surface area contributed by atoms with Crippen molar-refractivity contribution in [1.29, 1.82) is 0 Å². The Morgan fingerprint density at radius 2 is 2.41 bits per heavy atom. The number of thioether (sulfide) groups is 1. The zero-order valence-electron chi connectivity index (χ0n) is 9.90. The van der Waals surface area contributed by atoms with Gasteiger partial charge in [0.1, 0.15) is 0 Å². The third-order valence-corrected chi connectivity index (χ3v) is 5.04. The summed E-state index contributed by atoms with van der Waals surface area (Å²) in [6, 6.07) is 6.40. The van der Waals surface area contributed by atoms with Crippen molar-refractivity contribution in [3.8, 4) is 0 Å². The van der Waals surface area contributed by atoms with Crippen molar-refractivity contribution >= 4 is 35.0 Å². The van der Waals surface area contributed by atoms with E-state index in [2.05, 4.69) is 46.4 Å². The summed E-state index contributed by atoms with van der Waals surface area (Å²) >= 11 is 7.51. The number of hydrogen-bond acceptors (Lipinski definition) is 2. The molecule has 2 nitrogen and oxygen atoms in total. The first-order valence-corrected chi connectivity index (χ1v) is 7.58. The molecule has 1 atom stereocenters. The zero-order valence-corrected chi connectivity index (χ0v) is 11.5. The number of benzene rings is 1. The van der Waals surface area contributed by atoms with E-state index < -0.39 is 0 Å². The molecule has 1 aliphatic rings. The Hall–Kier alpha value is -0.740. The number of hydrogen-bond donors (Lipinski definition) is 1. The molecule has 17 heavy (non-hydrogen) atoms. The monoisotopic (exact) mass is 264 g/mol. The minimum atomic E-state index is 0.784. The predicted octanol–water partition coefficient (Wildman–Crippen LogP) is 3.76. The van der Waals surface area contributed by atoms with Gasteiger partial charge < -0.3 is 9.55 Å². The lowest BCUT2D eigenvalue weighted by Gasteiger charge is -2.10. The van der Waals surface area contributed by atoms with Crippen LogP contribution in [0.1, 0.15) is 12.0 Å². The molecule has 1 aliphatic heterocycles. The maximum atomic E-state index is 5.45. The van der Waals surface area contributed by atoms with Crippen LogP contribution >= 0.6 is 24.0 Å². The Bertz CT molecular complexity index is 591. The maximum absolute atomic E-state index is 5.45. The number of rotatable bonds is 2. The van der Waals surface area contributed by atoms with Crippen LogP contribution in [0.25, 0.3) is 11.0 Å². The van der Waals surface area contributed by atoms with Crippen molar-refractivity contribution in [1.82, 2.24) is 9.55 Å². The van der Waals surface area contributed by atoms with Crippen molar-refractivity contribution in [3.05, 3.63) is 28.5 Å². The van der Waals surface area contributed by atoms with Crippen LogP contribution in [0.15, 0.2) is 18.2 Å². The number of nitrogens with one attached hydrogen (secondary N) is 1. The van der Waals surface area contributed by atoms with E-state index in [4.69, 9.17) is 12.2 Å². The molecule has 0 bridgehead atoms. The standard InChI is InChI=1S/C13H16N2S2/c1-9-3-2-4-11-12(9)14-13(16)15(11)7-10-5-6-17-8-10/h2-4,10H,5-8H2,1H3,(H,14,16). The number of nitrogens with zero attached hydrogens (tertiary/aromatic N) is 1. The van der Waals surface area contributed by atoms with Crippen LogP contribution < -0.4 is 0 Å². The quantitative estimate of drug-likeness (QED) is 0.834. The predicted molar refractivity (Wildman–Crippen MR) is 77.3 cm³/mol. The Morgan fingerprint density at radius 1 is 1.53 bits per heavy atom. The highest BCUT2D eigenvalue weighted by Gasteiger charge is 2.17. The highest BCUT2D eigenvalue weighted by atomic mass is 32.2. The first-order chi connectivity index (χ1) is 8.25. The number of aromatic amines is 1. The molecular weight excluding hydrogens is 248 g/mol. The summed E-state index contributed by atoms with van der Waals surface area (Å²) < 4.78 is 3.14. The van der Waals surface area contributed by atoms with Crippen LogP contribution in [-0.2, 0) is 6.54 Å². The fourth-order valence-electron chi connectivity index (χ4n) is 2.49. The van der Waals surface area contributed by atoms with Gasteiger partial charge in [-0.05, 0) is 54.6 Å². The topological polar surface area (TPSA) is 20.7 Å². The molecular formula is C13H16N2S2. The molecule has 0 spiro atoms. The van der Waals surface area contributed by atoms with Crippen LogP contribution in [0.5, 0.6) is 0 Å². The van der Waals surface area contributed by atoms with Crippen LogP contribution in [-0.4, -0.2) is 21.1 Å². The summed E-state index contributed by atoms with van der Waals surface area (Å²) in [6.07, 6.45) is 1.32. The SMILES string of the molecule is Cc1cccc2c1[nH]c(=S)n2CC1CCSC1. The van der Waals surface area contributed by atoms with Gasteiger partial charge >= 0.3 is 0 Å². The summed E-state index contributed by atoms with van der Waals surface area (Å²) in [6.45, 7) is 3.19. The van der Waals surface area contributed by atoms with Gasteiger partial charge in [0.25, 0.3) is 0 Å². The normalized spacial score (nSPS) is 20.2. The van der Waals surface area contributed by atoms with E-state index in [0.717, 1.165) is 17.2 Å². The highest BCUT2D eigenvalue weighted by molar-refractivity contribution is 7.99. The molecule has 0 radical (unpaired) electrons. The van der Waals surface area contributed by atoms with Crippen LogP contribution in [0.2, 0.25) is 0 Å². The average molecular weight is 264 g/mol. The third kappa shape index (κ3) is 2.04. The average Bonchev–Trinajstić information content (AvgIpc) is 2.91. The van der Waals surface area contributed by atoms with E-state index in [-0.39, 0.29) is 0 Å². The first-order valence-electron chi connectivity index (χ1n) is 6.01. The molecule has 0 saturated carbocycles. The van der Waals surface area contributed by atoms with Crippen molar-refractivity contribution in [2.24, 2.45) is 5.92 Å². The highest BCUT2D eigenvalue weighted by Crippen LogP contribution is 2.27. The van der Waals surface area contributed by atoms with Gasteiger partial charge in [-0.1, -0.05) is 12.1 Å². The number of aryl methyl sites for hydroxylation is 1.